The first-order valence-electron chi connectivity index (χ1n) is 7.45. The molecule has 112 valence electrons. The van der Waals surface area contributed by atoms with E-state index >= 15 is 0 Å². The topological polar surface area (TPSA) is 54.2 Å². The molecule has 0 spiro atoms. The van der Waals surface area contributed by atoms with E-state index in [0.29, 0.717) is 29.0 Å². The van der Waals surface area contributed by atoms with Gasteiger partial charge in [0, 0.05) is 29.4 Å². The van der Waals surface area contributed by atoms with Gasteiger partial charge in [-0.15, -0.1) is 0 Å². The molecule has 2 atom stereocenters. The van der Waals surface area contributed by atoms with Crippen LogP contribution in [0.25, 0.3) is 10.9 Å². The van der Waals surface area contributed by atoms with Gasteiger partial charge in [-0.05, 0) is 44.9 Å². The maximum absolute atomic E-state index is 14.4. The number of nitrogens with two attached hydrogens (primary N) is 1. The van der Waals surface area contributed by atoms with E-state index in [1.54, 1.807) is 6.20 Å². The third-order valence-electron chi connectivity index (χ3n) is 4.31. The minimum absolute atomic E-state index is 0.358. The average molecular weight is 288 g/mol. The molecule has 4 nitrogen and oxygen atoms in total. The summed E-state index contributed by atoms with van der Waals surface area (Å²) in [6, 6.07) is 5.78. The lowest BCUT2D eigenvalue weighted by Gasteiger charge is -2.39. The molecule has 1 aliphatic rings. The molecule has 5 heteroatoms. The summed E-state index contributed by atoms with van der Waals surface area (Å²) < 4.78 is 14.4. The number of halogens is 1. The first kappa shape index (κ1) is 14.1. The smallest absolute Gasteiger partial charge is 0.151 e. The Morgan fingerprint density at radius 1 is 1.33 bits per heavy atom. The highest BCUT2D eigenvalue weighted by Gasteiger charge is 2.26. The predicted octanol–water partition coefficient (Wildman–Crippen LogP) is 3.55. The van der Waals surface area contributed by atoms with Gasteiger partial charge in [0.05, 0.1) is 5.52 Å². The summed E-state index contributed by atoms with van der Waals surface area (Å²) >= 11 is 0. The minimum atomic E-state index is -0.358. The van der Waals surface area contributed by atoms with Gasteiger partial charge in [0.2, 0.25) is 0 Å². The van der Waals surface area contributed by atoms with Crippen molar-refractivity contribution in [2.24, 2.45) is 0 Å². The number of fused-ring (bicyclic) bond motifs is 1. The number of nitrogens with one attached hydrogen (secondary N) is 1. The fourth-order valence-corrected chi connectivity index (χ4v) is 3.11. The lowest BCUT2D eigenvalue weighted by Crippen LogP contribution is -2.47. The van der Waals surface area contributed by atoms with Crippen molar-refractivity contribution in [3.63, 3.8) is 0 Å². The second kappa shape index (κ2) is 5.48. The van der Waals surface area contributed by atoms with Gasteiger partial charge < -0.3 is 11.2 Å². The third kappa shape index (κ3) is 2.53. The number of nitrogen functional groups attached to an aromatic ring is 1. The number of piperidine rings is 1. The van der Waals surface area contributed by atoms with Crippen molar-refractivity contribution < 1.29 is 4.39 Å². The van der Waals surface area contributed by atoms with E-state index in [1.165, 1.54) is 12.5 Å². The summed E-state index contributed by atoms with van der Waals surface area (Å²) in [5, 5.41) is 2.91. The Bertz CT molecular complexity index is 648. The average Bonchev–Trinajstić information content (AvgIpc) is 2.46. The standard InChI is InChI=1S/C16H21FN4/c1-10-5-3-6-11(2)21(10)20-16-13(17)9-14(18)12-7-4-8-19-15(12)16/h4,7-11,20H,3,5-6,18H2,1-2H3. The molecule has 21 heavy (non-hydrogen) atoms. The third-order valence-corrected chi connectivity index (χ3v) is 4.31. The number of hydrogen-bond acceptors (Lipinski definition) is 4. The van der Waals surface area contributed by atoms with Crippen LogP contribution in [0, 0.1) is 5.82 Å². The maximum Gasteiger partial charge on any atom is 0.151 e. The van der Waals surface area contributed by atoms with Gasteiger partial charge in [-0.2, -0.15) is 0 Å². The number of nitrogens with zero attached hydrogens (tertiary/aromatic N) is 2. The van der Waals surface area contributed by atoms with Gasteiger partial charge in [-0.1, -0.05) is 6.42 Å². The van der Waals surface area contributed by atoms with E-state index in [4.69, 9.17) is 5.73 Å². The van der Waals surface area contributed by atoms with Crippen molar-refractivity contribution >= 4 is 22.3 Å². The largest absolute Gasteiger partial charge is 0.398 e. The Balaban J connectivity index is 2.04. The van der Waals surface area contributed by atoms with Crippen molar-refractivity contribution in [1.29, 1.82) is 0 Å². The van der Waals surface area contributed by atoms with E-state index in [9.17, 15) is 4.39 Å². The van der Waals surface area contributed by atoms with E-state index in [1.807, 2.05) is 12.1 Å². The van der Waals surface area contributed by atoms with E-state index < -0.39 is 0 Å². The van der Waals surface area contributed by atoms with Crippen LogP contribution in [0.3, 0.4) is 0 Å². The summed E-state index contributed by atoms with van der Waals surface area (Å²) in [6.07, 6.45) is 5.10. The second-order valence-electron chi connectivity index (χ2n) is 5.87. The van der Waals surface area contributed by atoms with Crippen LogP contribution >= 0.6 is 0 Å². The Hall–Kier alpha value is -1.88. The highest BCUT2D eigenvalue weighted by molar-refractivity contribution is 5.98. The summed E-state index contributed by atoms with van der Waals surface area (Å²) in [6.45, 7) is 4.32. The first-order valence-corrected chi connectivity index (χ1v) is 7.45. The van der Waals surface area contributed by atoms with Crippen molar-refractivity contribution in [1.82, 2.24) is 9.99 Å². The van der Waals surface area contributed by atoms with Crippen LogP contribution in [-0.2, 0) is 0 Å². The molecular weight excluding hydrogens is 267 g/mol. The fraction of sp³-hybridized carbons (Fsp3) is 0.438. The molecule has 3 N–H and O–H groups in total. The molecule has 2 unspecified atom stereocenters. The summed E-state index contributed by atoms with van der Waals surface area (Å²) in [4.78, 5) is 4.31. The molecule has 0 amide bonds. The SMILES string of the molecule is CC1CCCC(C)N1Nc1c(F)cc(N)c2cccnc12. The monoisotopic (exact) mass is 288 g/mol. The molecule has 0 bridgehead atoms. The molecule has 1 aromatic heterocycles. The zero-order valence-corrected chi connectivity index (χ0v) is 12.4. The molecule has 1 aliphatic heterocycles. The maximum atomic E-state index is 14.4. The second-order valence-corrected chi connectivity index (χ2v) is 5.87. The lowest BCUT2D eigenvalue weighted by molar-refractivity contribution is 0.135. The van der Waals surface area contributed by atoms with Crippen molar-refractivity contribution in [2.75, 3.05) is 11.2 Å². The molecule has 0 radical (unpaired) electrons. The van der Waals surface area contributed by atoms with Gasteiger partial charge in [0.15, 0.2) is 5.82 Å². The predicted molar refractivity (Wildman–Crippen MR) is 84.4 cm³/mol. The number of aromatic nitrogens is 1. The zero-order chi connectivity index (χ0) is 15.0. The minimum Gasteiger partial charge on any atom is -0.398 e. The van der Waals surface area contributed by atoms with Crippen LogP contribution in [0.1, 0.15) is 33.1 Å². The molecular formula is C16H21FN4. The fourth-order valence-electron chi connectivity index (χ4n) is 3.11. The highest BCUT2D eigenvalue weighted by Crippen LogP contribution is 2.32. The Labute approximate surface area is 124 Å². The van der Waals surface area contributed by atoms with Crippen LogP contribution in [0.15, 0.2) is 24.4 Å². The lowest BCUT2D eigenvalue weighted by atomic mass is 10.00. The number of benzene rings is 1. The first-order chi connectivity index (χ1) is 10.1. The normalized spacial score (nSPS) is 23.4. The Kier molecular flexibility index (Phi) is 3.68. The van der Waals surface area contributed by atoms with Crippen molar-refractivity contribution in [2.45, 2.75) is 45.2 Å². The van der Waals surface area contributed by atoms with E-state index in [-0.39, 0.29) is 5.82 Å². The van der Waals surface area contributed by atoms with Crippen LogP contribution < -0.4 is 11.2 Å². The van der Waals surface area contributed by atoms with Gasteiger partial charge in [0.1, 0.15) is 5.69 Å². The molecule has 2 heterocycles. The van der Waals surface area contributed by atoms with Crippen LogP contribution in [0.2, 0.25) is 0 Å². The molecule has 1 saturated heterocycles. The highest BCUT2D eigenvalue weighted by atomic mass is 19.1. The number of hydrogen-bond donors (Lipinski definition) is 2. The molecule has 2 aromatic rings. The van der Waals surface area contributed by atoms with Gasteiger partial charge in [-0.25, -0.2) is 9.40 Å². The summed E-state index contributed by atoms with van der Waals surface area (Å²) in [5.41, 5.74) is 10.6. The molecule has 0 aliphatic carbocycles. The number of rotatable bonds is 2. The van der Waals surface area contributed by atoms with Crippen LogP contribution in [-0.4, -0.2) is 22.1 Å². The van der Waals surface area contributed by atoms with Gasteiger partial charge >= 0.3 is 0 Å². The Morgan fingerprint density at radius 3 is 2.76 bits per heavy atom. The molecule has 1 aromatic carbocycles. The number of pyridine rings is 1. The number of anilines is 2. The van der Waals surface area contributed by atoms with E-state index in [2.05, 4.69) is 29.3 Å². The summed E-state index contributed by atoms with van der Waals surface area (Å²) in [7, 11) is 0. The van der Waals surface area contributed by atoms with Crippen molar-refractivity contribution in [3.8, 4) is 0 Å². The number of hydrazine groups is 1. The van der Waals surface area contributed by atoms with Crippen molar-refractivity contribution in [3.05, 3.63) is 30.2 Å². The van der Waals surface area contributed by atoms with E-state index in [0.717, 1.165) is 18.2 Å². The summed E-state index contributed by atoms with van der Waals surface area (Å²) in [5.74, 6) is -0.358. The Morgan fingerprint density at radius 2 is 2.05 bits per heavy atom. The molecule has 3 rings (SSSR count). The van der Waals surface area contributed by atoms with Gasteiger partial charge in [0.25, 0.3) is 0 Å². The van der Waals surface area contributed by atoms with Crippen LogP contribution in [0.4, 0.5) is 15.8 Å². The molecule has 1 fully saturated rings. The van der Waals surface area contributed by atoms with Crippen LogP contribution in [0.5, 0.6) is 0 Å². The molecule has 0 saturated carbocycles. The van der Waals surface area contributed by atoms with Gasteiger partial charge in [-0.3, -0.25) is 4.98 Å². The quantitative estimate of drug-likeness (QED) is 0.830. The zero-order valence-electron chi connectivity index (χ0n) is 12.4.